The van der Waals surface area contributed by atoms with Gasteiger partial charge in [-0.2, -0.15) is 4.39 Å². The summed E-state index contributed by atoms with van der Waals surface area (Å²) in [5.41, 5.74) is -0.619. The van der Waals surface area contributed by atoms with Crippen LogP contribution >= 0.6 is 22.6 Å². The summed E-state index contributed by atoms with van der Waals surface area (Å²) in [5.74, 6) is -4.18. The third-order valence-electron chi connectivity index (χ3n) is 1.69. The first-order chi connectivity index (χ1) is 7.47. The Bertz CT molecular complexity index is 409. The molecule has 4 nitrogen and oxygen atoms in total. The van der Waals surface area contributed by atoms with E-state index < -0.39 is 35.2 Å². The number of aliphatic hydroxyl groups excluding tert-OH is 1. The molecule has 0 unspecified atom stereocenters. The molecule has 1 aromatic carbocycles. The van der Waals surface area contributed by atoms with Gasteiger partial charge in [0.1, 0.15) is 0 Å². The number of aliphatic hydroxyl groups is 2. The second-order valence-corrected chi connectivity index (χ2v) is 3.53. The van der Waals surface area contributed by atoms with Crippen LogP contribution in [0.15, 0.2) is 12.1 Å². The Labute approximate surface area is 103 Å². The minimum absolute atomic E-state index is 0.0107. The maximum atomic E-state index is 13.2. The van der Waals surface area contributed by atoms with Crippen LogP contribution in [0.2, 0.25) is 0 Å². The molecule has 1 rings (SSSR count). The third kappa shape index (κ3) is 2.86. The highest BCUT2D eigenvalue weighted by Gasteiger charge is 2.19. The van der Waals surface area contributed by atoms with Crippen molar-refractivity contribution in [3.05, 3.63) is 29.3 Å². The van der Waals surface area contributed by atoms with Crippen molar-refractivity contribution < 1.29 is 28.5 Å². The van der Waals surface area contributed by atoms with Crippen molar-refractivity contribution in [3.63, 3.8) is 0 Å². The lowest BCUT2D eigenvalue weighted by molar-refractivity contribution is -0.131. The predicted molar refractivity (Wildman–Crippen MR) is 58.1 cm³/mol. The Morgan fingerprint density at radius 3 is 2.50 bits per heavy atom. The highest BCUT2D eigenvalue weighted by molar-refractivity contribution is 14.1. The van der Waals surface area contributed by atoms with Gasteiger partial charge >= 0.3 is 5.97 Å². The van der Waals surface area contributed by atoms with Gasteiger partial charge in [-0.05, 0) is 12.1 Å². The monoisotopic (exact) mass is 344 g/mol. The van der Waals surface area contributed by atoms with Gasteiger partial charge in [0, 0.05) is 5.56 Å². The first-order valence-corrected chi connectivity index (χ1v) is 5.60. The molecule has 0 aliphatic heterocycles. The highest BCUT2D eigenvalue weighted by atomic mass is 127. The fourth-order valence-corrected chi connectivity index (χ4v) is 1.13. The van der Waals surface area contributed by atoms with Crippen molar-refractivity contribution in [2.24, 2.45) is 0 Å². The summed E-state index contributed by atoms with van der Waals surface area (Å²) in [6.07, 6.45) is -2.12. The maximum absolute atomic E-state index is 13.2. The molecular weight excluding hydrogens is 337 g/mol. The number of hydrogen-bond acceptors (Lipinski definition) is 4. The fraction of sp³-hybridized carbons (Fsp3) is 0.222. The predicted octanol–water partition coefficient (Wildman–Crippen LogP) is 1.29. The van der Waals surface area contributed by atoms with Crippen LogP contribution in [0.5, 0.6) is 5.75 Å². The minimum atomic E-state index is -2.12. The van der Waals surface area contributed by atoms with Gasteiger partial charge in [-0.25, -0.2) is 4.39 Å². The van der Waals surface area contributed by atoms with Gasteiger partial charge in [0.2, 0.25) is 5.82 Å². The first-order valence-electron chi connectivity index (χ1n) is 4.08. The van der Waals surface area contributed by atoms with Crippen LogP contribution in [-0.4, -0.2) is 20.6 Å². The Balaban J connectivity index is 3.07. The van der Waals surface area contributed by atoms with Gasteiger partial charge in [-0.3, -0.25) is 4.79 Å². The summed E-state index contributed by atoms with van der Waals surface area (Å²) in [5, 5.41) is 17.4. The molecule has 88 valence electrons. The van der Waals surface area contributed by atoms with Crippen LogP contribution < -0.4 is 4.74 Å². The lowest BCUT2D eigenvalue weighted by Gasteiger charge is -2.09. The highest BCUT2D eigenvalue weighted by Crippen LogP contribution is 2.25. The van der Waals surface area contributed by atoms with Crippen LogP contribution in [0.1, 0.15) is 11.9 Å². The molecule has 0 radical (unpaired) electrons. The molecule has 0 heterocycles. The number of ether oxygens (including phenoxy) is 1. The Morgan fingerprint density at radius 2 is 2.00 bits per heavy atom. The topological polar surface area (TPSA) is 66.8 Å². The zero-order chi connectivity index (χ0) is 12.3. The van der Waals surface area contributed by atoms with E-state index in [9.17, 15) is 13.6 Å². The van der Waals surface area contributed by atoms with Gasteiger partial charge in [-0.15, -0.1) is 0 Å². The standard InChI is InChI=1S/C9H7F2IO4/c10-7-4(9(14)15)1-2-5(8(7)11)16-6(13)3-12/h1-2,9,14-15H,3H2. The zero-order valence-electron chi connectivity index (χ0n) is 7.78. The SMILES string of the molecule is O=C(CI)Oc1ccc(C(O)O)c(F)c1F. The number of carbonyl (C=O) groups is 1. The summed E-state index contributed by atoms with van der Waals surface area (Å²) in [6.45, 7) is 0. The van der Waals surface area contributed by atoms with E-state index in [0.29, 0.717) is 0 Å². The van der Waals surface area contributed by atoms with E-state index in [0.717, 1.165) is 12.1 Å². The lowest BCUT2D eigenvalue weighted by atomic mass is 10.2. The Hall–Kier alpha value is -0.800. The van der Waals surface area contributed by atoms with Crippen molar-refractivity contribution >= 4 is 28.6 Å². The normalized spacial score (nSPS) is 10.6. The summed E-state index contributed by atoms with van der Waals surface area (Å²) < 4.78 is 30.9. The molecule has 0 spiro atoms. The van der Waals surface area contributed by atoms with E-state index in [2.05, 4.69) is 4.74 Å². The van der Waals surface area contributed by atoms with Crippen LogP contribution in [0, 0.1) is 11.6 Å². The molecule has 2 N–H and O–H groups in total. The van der Waals surface area contributed by atoms with Crippen molar-refractivity contribution in [1.29, 1.82) is 0 Å². The maximum Gasteiger partial charge on any atom is 0.321 e. The molecule has 1 aromatic rings. The van der Waals surface area contributed by atoms with E-state index in [1.165, 1.54) is 0 Å². The molecule has 0 aliphatic carbocycles. The molecular formula is C9H7F2IO4. The fourth-order valence-electron chi connectivity index (χ4n) is 0.975. The second-order valence-electron chi connectivity index (χ2n) is 2.76. The van der Waals surface area contributed by atoms with Gasteiger partial charge in [0.05, 0.1) is 4.43 Å². The summed E-state index contributed by atoms with van der Waals surface area (Å²) in [7, 11) is 0. The second kappa shape index (κ2) is 5.51. The molecule has 0 saturated carbocycles. The number of carbonyl (C=O) groups excluding carboxylic acids is 1. The first kappa shape index (κ1) is 13.3. The molecule has 7 heteroatoms. The number of halogens is 3. The number of esters is 1. The Morgan fingerprint density at radius 1 is 1.38 bits per heavy atom. The van der Waals surface area contributed by atoms with E-state index >= 15 is 0 Å². The smallest absolute Gasteiger partial charge is 0.321 e. The number of benzene rings is 1. The number of alkyl halides is 1. The van der Waals surface area contributed by atoms with Crippen molar-refractivity contribution in [3.8, 4) is 5.75 Å². The quantitative estimate of drug-likeness (QED) is 0.285. The minimum Gasteiger partial charge on any atom is -0.423 e. The van der Waals surface area contributed by atoms with Crippen LogP contribution in [0.4, 0.5) is 8.78 Å². The van der Waals surface area contributed by atoms with Crippen LogP contribution in [-0.2, 0) is 4.79 Å². The van der Waals surface area contributed by atoms with Crippen molar-refractivity contribution in [1.82, 2.24) is 0 Å². The number of rotatable bonds is 3. The van der Waals surface area contributed by atoms with Gasteiger partial charge in [0.25, 0.3) is 0 Å². The van der Waals surface area contributed by atoms with E-state index in [4.69, 9.17) is 10.2 Å². The van der Waals surface area contributed by atoms with E-state index in [-0.39, 0.29) is 4.43 Å². The molecule has 0 atom stereocenters. The largest absolute Gasteiger partial charge is 0.423 e. The summed E-state index contributed by atoms with van der Waals surface area (Å²) >= 11 is 1.71. The molecule has 0 aliphatic rings. The van der Waals surface area contributed by atoms with Crippen molar-refractivity contribution in [2.45, 2.75) is 6.29 Å². The molecule has 0 amide bonds. The average Bonchev–Trinajstić information content (AvgIpc) is 2.24. The van der Waals surface area contributed by atoms with Gasteiger partial charge < -0.3 is 14.9 Å². The number of hydrogen-bond donors (Lipinski definition) is 2. The lowest BCUT2D eigenvalue weighted by Crippen LogP contribution is -2.11. The molecule has 0 saturated heterocycles. The van der Waals surface area contributed by atoms with Crippen LogP contribution in [0.3, 0.4) is 0 Å². The zero-order valence-corrected chi connectivity index (χ0v) is 9.94. The molecule has 0 aromatic heterocycles. The molecule has 16 heavy (non-hydrogen) atoms. The summed E-state index contributed by atoms with van der Waals surface area (Å²) in [4.78, 5) is 10.8. The third-order valence-corrected chi connectivity index (χ3v) is 2.31. The molecule has 0 fully saturated rings. The average molecular weight is 344 g/mol. The Kier molecular flexibility index (Phi) is 4.56. The van der Waals surface area contributed by atoms with E-state index in [1.807, 2.05) is 0 Å². The van der Waals surface area contributed by atoms with Gasteiger partial charge in [-0.1, -0.05) is 22.6 Å². The summed E-state index contributed by atoms with van der Waals surface area (Å²) in [6, 6.07) is 1.89. The van der Waals surface area contributed by atoms with Gasteiger partial charge in [0.15, 0.2) is 17.9 Å². The molecule has 0 bridgehead atoms. The van der Waals surface area contributed by atoms with E-state index in [1.54, 1.807) is 22.6 Å². The van der Waals surface area contributed by atoms with Crippen molar-refractivity contribution in [2.75, 3.05) is 4.43 Å². The van der Waals surface area contributed by atoms with Crippen LogP contribution in [0.25, 0.3) is 0 Å².